The Kier molecular flexibility index (Phi) is 10.7. The van der Waals surface area contributed by atoms with E-state index in [4.69, 9.17) is 0 Å². The zero-order chi connectivity index (χ0) is 20.6. The van der Waals surface area contributed by atoms with Gasteiger partial charge in [0.05, 0.1) is 5.41 Å². The number of rotatable bonds is 8. The van der Waals surface area contributed by atoms with E-state index in [1.807, 2.05) is 20.3 Å². The molecular formula is C21H37IN6O. The first-order valence-electron chi connectivity index (χ1n) is 10.3. The van der Waals surface area contributed by atoms with Crippen LogP contribution in [0.3, 0.4) is 0 Å². The van der Waals surface area contributed by atoms with Crippen molar-refractivity contribution in [3.05, 3.63) is 23.9 Å². The van der Waals surface area contributed by atoms with Crippen LogP contribution in [-0.4, -0.2) is 62.5 Å². The summed E-state index contributed by atoms with van der Waals surface area (Å²) in [7, 11) is 5.43. The Labute approximate surface area is 192 Å². The van der Waals surface area contributed by atoms with Crippen molar-refractivity contribution in [1.82, 2.24) is 20.5 Å². The molecule has 1 aliphatic carbocycles. The van der Waals surface area contributed by atoms with Crippen LogP contribution >= 0.6 is 24.0 Å². The third-order valence-electron chi connectivity index (χ3n) is 5.59. The topological polar surface area (TPSA) is 72.9 Å². The fourth-order valence-electron chi connectivity index (χ4n) is 3.91. The molecule has 2 rings (SSSR count). The summed E-state index contributed by atoms with van der Waals surface area (Å²) >= 11 is 0. The summed E-state index contributed by atoms with van der Waals surface area (Å²) in [4.78, 5) is 25.5. The highest BCUT2D eigenvalue weighted by Gasteiger charge is 2.42. The van der Waals surface area contributed by atoms with Crippen LogP contribution in [0.2, 0.25) is 0 Å². The second-order valence-corrected chi connectivity index (χ2v) is 7.66. The molecule has 2 N–H and O–H groups in total. The van der Waals surface area contributed by atoms with Gasteiger partial charge >= 0.3 is 0 Å². The normalized spacial score (nSPS) is 15.4. The van der Waals surface area contributed by atoms with Crippen molar-refractivity contribution >= 4 is 41.7 Å². The molecule has 0 atom stereocenters. The predicted octanol–water partition coefficient (Wildman–Crippen LogP) is 2.86. The standard InChI is InChI=1S/C21H36N6O.HI/c1-6-27(7-2)18-11-10-17(14-23-18)15-24-20(22-3)25-16-21(12-8-9-13-21)19(28)26(4)5;/h10-11,14H,6-9,12-13,15-16H2,1-5H3,(H2,22,24,25);1H. The Morgan fingerprint density at radius 1 is 1.17 bits per heavy atom. The number of nitrogens with one attached hydrogen (secondary N) is 2. The van der Waals surface area contributed by atoms with E-state index in [9.17, 15) is 4.79 Å². The van der Waals surface area contributed by atoms with Crippen molar-refractivity contribution in [2.75, 3.05) is 45.7 Å². The van der Waals surface area contributed by atoms with Gasteiger partial charge in [-0.2, -0.15) is 0 Å². The van der Waals surface area contributed by atoms with Gasteiger partial charge in [0.25, 0.3) is 0 Å². The number of halogens is 1. The number of aromatic nitrogens is 1. The third kappa shape index (κ3) is 6.72. The van der Waals surface area contributed by atoms with Gasteiger partial charge in [0.15, 0.2) is 5.96 Å². The van der Waals surface area contributed by atoms with Crippen LogP contribution in [-0.2, 0) is 11.3 Å². The van der Waals surface area contributed by atoms with Crippen LogP contribution in [0, 0.1) is 5.41 Å². The van der Waals surface area contributed by atoms with Gasteiger partial charge in [0, 0.05) is 53.5 Å². The fraction of sp³-hybridized carbons (Fsp3) is 0.667. The summed E-state index contributed by atoms with van der Waals surface area (Å²) in [6, 6.07) is 4.15. The second kappa shape index (κ2) is 12.2. The average molecular weight is 516 g/mol. The van der Waals surface area contributed by atoms with Crippen molar-refractivity contribution < 1.29 is 4.79 Å². The van der Waals surface area contributed by atoms with Gasteiger partial charge in [-0.3, -0.25) is 9.79 Å². The first-order valence-corrected chi connectivity index (χ1v) is 10.3. The number of amides is 1. The Hall–Kier alpha value is -1.58. The van der Waals surface area contributed by atoms with Crippen LogP contribution < -0.4 is 15.5 Å². The number of hydrogen-bond donors (Lipinski definition) is 2. The van der Waals surface area contributed by atoms with Crippen LogP contribution in [0.15, 0.2) is 23.3 Å². The molecule has 29 heavy (non-hydrogen) atoms. The van der Waals surface area contributed by atoms with Crippen molar-refractivity contribution in [2.24, 2.45) is 10.4 Å². The van der Waals surface area contributed by atoms with Crippen molar-refractivity contribution in [3.8, 4) is 0 Å². The molecule has 0 aromatic carbocycles. The second-order valence-electron chi connectivity index (χ2n) is 7.66. The first kappa shape index (κ1) is 25.5. The molecule has 0 spiro atoms. The van der Waals surface area contributed by atoms with E-state index in [0.29, 0.717) is 19.0 Å². The minimum atomic E-state index is -0.311. The van der Waals surface area contributed by atoms with Crippen LogP contribution in [0.4, 0.5) is 5.82 Å². The smallest absolute Gasteiger partial charge is 0.230 e. The maximum Gasteiger partial charge on any atom is 0.230 e. The van der Waals surface area contributed by atoms with E-state index in [-0.39, 0.29) is 35.3 Å². The average Bonchev–Trinajstić information content (AvgIpc) is 3.19. The zero-order valence-electron chi connectivity index (χ0n) is 18.5. The van der Waals surface area contributed by atoms with E-state index in [0.717, 1.165) is 50.2 Å². The van der Waals surface area contributed by atoms with Crippen LogP contribution in [0.5, 0.6) is 0 Å². The van der Waals surface area contributed by atoms with E-state index in [1.54, 1.807) is 11.9 Å². The number of pyridine rings is 1. The molecule has 0 bridgehead atoms. The van der Waals surface area contributed by atoms with Gasteiger partial charge in [-0.25, -0.2) is 4.98 Å². The summed E-state index contributed by atoms with van der Waals surface area (Å²) in [5.41, 5.74) is 0.785. The number of carbonyl (C=O) groups excluding carboxylic acids is 1. The summed E-state index contributed by atoms with van der Waals surface area (Å²) in [6.07, 6.45) is 5.99. The van der Waals surface area contributed by atoms with E-state index in [1.165, 1.54) is 0 Å². The molecule has 0 unspecified atom stereocenters. The van der Waals surface area contributed by atoms with E-state index >= 15 is 0 Å². The molecule has 0 saturated heterocycles. The predicted molar refractivity (Wildman–Crippen MR) is 131 cm³/mol. The van der Waals surface area contributed by atoms with Crippen molar-refractivity contribution in [2.45, 2.75) is 46.1 Å². The fourth-order valence-corrected chi connectivity index (χ4v) is 3.91. The molecule has 7 nitrogen and oxygen atoms in total. The van der Waals surface area contributed by atoms with Crippen LogP contribution in [0.25, 0.3) is 0 Å². The SMILES string of the molecule is CCN(CC)c1ccc(CNC(=NC)NCC2(C(=O)N(C)C)CCCC2)cn1.I. The highest BCUT2D eigenvalue weighted by Crippen LogP contribution is 2.38. The molecule has 1 aromatic heterocycles. The summed E-state index contributed by atoms with van der Waals surface area (Å²) in [5.74, 6) is 1.93. The maximum absolute atomic E-state index is 12.7. The molecule has 0 aliphatic heterocycles. The Morgan fingerprint density at radius 2 is 1.83 bits per heavy atom. The molecule has 1 amide bonds. The minimum absolute atomic E-state index is 0. The summed E-state index contributed by atoms with van der Waals surface area (Å²) in [5, 5.41) is 6.70. The lowest BCUT2D eigenvalue weighted by Crippen LogP contribution is -2.49. The summed E-state index contributed by atoms with van der Waals surface area (Å²) < 4.78 is 0. The molecule has 0 radical (unpaired) electrons. The van der Waals surface area contributed by atoms with Crippen molar-refractivity contribution in [3.63, 3.8) is 0 Å². The molecule has 164 valence electrons. The van der Waals surface area contributed by atoms with E-state index in [2.05, 4.69) is 51.5 Å². The van der Waals surface area contributed by atoms with Gasteiger partial charge in [-0.05, 0) is 38.3 Å². The van der Waals surface area contributed by atoms with Crippen LogP contribution in [0.1, 0.15) is 45.1 Å². The highest BCUT2D eigenvalue weighted by atomic mass is 127. The number of anilines is 1. The lowest BCUT2D eigenvalue weighted by atomic mass is 9.84. The Balaban J connectivity index is 0.00000420. The van der Waals surface area contributed by atoms with Gasteiger partial charge in [-0.15, -0.1) is 24.0 Å². The molecule has 1 heterocycles. The quantitative estimate of drug-likeness (QED) is 0.316. The molecule has 8 heteroatoms. The first-order chi connectivity index (χ1) is 13.5. The van der Waals surface area contributed by atoms with Gasteiger partial charge in [-0.1, -0.05) is 18.9 Å². The molecule has 1 fully saturated rings. The molecule has 1 aliphatic rings. The zero-order valence-corrected chi connectivity index (χ0v) is 20.8. The van der Waals surface area contributed by atoms with Gasteiger partial charge in [0.1, 0.15) is 5.82 Å². The number of hydrogen-bond acceptors (Lipinski definition) is 4. The van der Waals surface area contributed by atoms with Gasteiger partial charge < -0.3 is 20.4 Å². The monoisotopic (exact) mass is 516 g/mol. The molecular weight excluding hydrogens is 479 g/mol. The lowest BCUT2D eigenvalue weighted by Gasteiger charge is -2.31. The Morgan fingerprint density at radius 3 is 2.31 bits per heavy atom. The molecule has 1 saturated carbocycles. The van der Waals surface area contributed by atoms with Crippen molar-refractivity contribution in [1.29, 1.82) is 0 Å². The minimum Gasteiger partial charge on any atom is -0.357 e. The lowest BCUT2D eigenvalue weighted by molar-refractivity contribution is -0.138. The van der Waals surface area contributed by atoms with Gasteiger partial charge in [0.2, 0.25) is 5.91 Å². The molecule has 1 aromatic rings. The maximum atomic E-state index is 12.7. The highest BCUT2D eigenvalue weighted by molar-refractivity contribution is 14.0. The Bertz CT molecular complexity index is 652. The number of aliphatic imine (C=N–C) groups is 1. The number of nitrogens with zero attached hydrogens (tertiary/aromatic N) is 4. The summed E-state index contributed by atoms with van der Waals surface area (Å²) in [6.45, 7) is 7.42. The largest absolute Gasteiger partial charge is 0.357 e. The third-order valence-corrected chi connectivity index (χ3v) is 5.59. The van der Waals surface area contributed by atoms with E-state index < -0.39 is 0 Å². The number of guanidine groups is 1. The number of carbonyl (C=O) groups is 1.